The van der Waals surface area contributed by atoms with Crippen molar-refractivity contribution in [3.8, 4) is 0 Å². The Hall–Kier alpha value is -0.0100. The van der Waals surface area contributed by atoms with Crippen molar-refractivity contribution in [1.82, 2.24) is 0 Å². The minimum Gasteiger partial charge on any atom is -0.373 e. The fourth-order valence-corrected chi connectivity index (χ4v) is 2.24. The van der Waals surface area contributed by atoms with E-state index in [2.05, 4.69) is 0 Å². The molecule has 0 heterocycles. The molecule has 0 rings (SSSR count). The second-order valence-corrected chi connectivity index (χ2v) is 9.30. The van der Waals surface area contributed by atoms with Gasteiger partial charge in [0.25, 0.3) is 0 Å². The van der Waals surface area contributed by atoms with Gasteiger partial charge in [-0.25, -0.2) is 4.57 Å². The Morgan fingerprint density at radius 3 is 2.09 bits per heavy atom. The highest BCUT2D eigenvalue weighted by Gasteiger charge is 2.26. The number of hydrogen-bond donors (Lipinski definition) is 1. The van der Waals surface area contributed by atoms with E-state index in [4.69, 9.17) is 18.5 Å². The lowest BCUT2D eigenvalue weighted by Gasteiger charge is -2.27. The van der Waals surface area contributed by atoms with E-state index < -0.39 is 13.9 Å². The van der Waals surface area contributed by atoms with Gasteiger partial charge >= 0.3 is 7.82 Å². The summed E-state index contributed by atoms with van der Waals surface area (Å²) in [6, 6.07) is 0. The summed E-state index contributed by atoms with van der Waals surface area (Å²) in [4.78, 5) is 9.73. The van der Waals surface area contributed by atoms with Crippen LogP contribution >= 0.6 is 7.82 Å². The van der Waals surface area contributed by atoms with Gasteiger partial charge in [-0.2, -0.15) is 0 Å². The van der Waals surface area contributed by atoms with Crippen molar-refractivity contribution in [2.75, 3.05) is 47.5 Å². The van der Waals surface area contributed by atoms with Gasteiger partial charge < -0.3 is 18.9 Å². The number of rotatable bonds is 11. The number of quaternary nitrogens is 1. The summed E-state index contributed by atoms with van der Waals surface area (Å²) in [6.45, 7) is 10.5. The van der Waals surface area contributed by atoms with Crippen molar-refractivity contribution >= 4 is 7.82 Å². The molecule has 7 nitrogen and oxygen atoms in total. The molecule has 0 saturated heterocycles. The SMILES string of the molecule is CC(C)OC(COC(C)(C)C)COP(=O)(O)OCC[N+](C)(C)C. The Bertz CT molecular complexity index is 375. The van der Waals surface area contributed by atoms with Gasteiger partial charge in [-0.3, -0.25) is 9.05 Å². The molecule has 2 unspecified atom stereocenters. The fraction of sp³-hybridized carbons (Fsp3) is 1.00. The van der Waals surface area contributed by atoms with E-state index in [-0.39, 0.29) is 31.5 Å². The molecular formula is C15H35NO6P+. The van der Waals surface area contributed by atoms with Crippen LogP contribution in [0.5, 0.6) is 0 Å². The number of nitrogens with zero attached hydrogens (tertiary/aromatic N) is 1. The first kappa shape index (κ1) is 23.0. The van der Waals surface area contributed by atoms with Crippen LogP contribution in [0.25, 0.3) is 0 Å². The van der Waals surface area contributed by atoms with Crippen LogP contribution in [0.3, 0.4) is 0 Å². The van der Waals surface area contributed by atoms with Gasteiger partial charge in [0.2, 0.25) is 0 Å². The van der Waals surface area contributed by atoms with Crippen LogP contribution < -0.4 is 0 Å². The maximum Gasteiger partial charge on any atom is 0.472 e. The van der Waals surface area contributed by atoms with E-state index in [0.29, 0.717) is 11.0 Å². The smallest absolute Gasteiger partial charge is 0.373 e. The zero-order valence-corrected chi connectivity index (χ0v) is 16.8. The maximum absolute atomic E-state index is 11.9. The van der Waals surface area contributed by atoms with Crippen LogP contribution in [0.15, 0.2) is 0 Å². The van der Waals surface area contributed by atoms with E-state index in [1.807, 2.05) is 55.8 Å². The Labute approximate surface area is 141 Å². The molecule has 2 atom stereocenters. The van der Waals surface area contributed by atoms with Gasteiger partial charge in [-0.1, -0.05) is 0 Å². The molecule has 0 aromatic heterocycles. The molecule has 8 heteroatoms. The Kier molecular flexibility index (Phi) is 9.46. The molecule has 0 aromatic rings. The summed E-state index contributed by atoms with van der Waals surface area (Å²) < 4.78 is 33.9. The molecule has 0 aliphatic heterocycles. The molecule has 0 spiro atoms. The second kappa shape index (κ2) is 9.47. The van der Waals surface area contributed by atoms with Crippen molar-refractivity contribution in [1.29, 1.82) is 0 Å². The number of phosphoric acid groups is 1. The van der Waals surface area contributed by atoms with Gasteiger partial charge in [0.15, 0.2) is 0 Å². The molecule has 0 bridgehead atoms. The first-order valence-corrected chi connectivity index (χ1v) is 9.41. The Balaban J connectivity index is 4.37. The average Bonchev–Trinajstić information content (AvgIpc) is 2.29. The van der Waals surface area contributed by atoms with Gasteiger partial charge in [-0.15, -0.1) is 0 Å². The van der Waals surface area contributed by atoms with Crippen molar-refractivity contribution in [3.63, 3.8) is 0 Å². The minimum atomic E-state index is -4.09. The first-order chi connectivity index (χ1) is 10.2. The van der Waals surface area contributed by atoms with E-state index in [1.54, 1.807) is 0 Å². The topological polar surface area (TPSA) is 74.2 Å². The minimum absolute atomic E-state index is 0.0376. The lowest BCUT2D eigenvalue weighted by molar-refractivity contribution is -0.870. The zero-order valence-electron chi connectivity index (χ0n) is 15.9. The van der Waals surface area contributed by atoms with Crippen LogP contribution in [-0.4, -0.2) is 74.7 Å². The summed E-state index contributed by atoms with van der Waals surface area (Å²) in [7, 11) is 1.84. The average molecular weight is 356 g/mol. The zero-order chi connectivity index (χ0) is 18.3. The highest BCUT2D eigenvalue weighted by Crippen LogP contribution is 2.43. The summed E-state index contributed by atoms with van der Waals surface area (Å²) in [6.07, 6.45) is -0.471. The van der Waals surface area contributed by atoms with E-state index in [0.717, 1.165) is 0 Å². The number of likely N-dealkylation sites (N-methyl/N-ethyl adjacent to an activating group) is 1. The molecule has 140 valence electrons. The van der Waals surface area contributed by atoms with Crippen molar-refractivity contribution in [3.05, 3.63) is 0 Å². The van der Waals surface area contributed by atoms with E-state index >= 15 is 0 Å². The quantitative estimate of drug-likeness (QED) is 0.453. The predicted octanol–water partition coefficient (Wildman–Crippen LogP) is 2.43. The van der Waals surface area contributed by atoms with Gasteiger partial charge in [0, 0.05) is 0 Å². The highest BCUT2D eigenvalue weighted by molar-refractivity contribution is 7.47. The first-order valence-electron chi connectivity index (χ1n) is 7.92. The van der Waals surface area contributed by atoms with E-state index in [1.165, 1.54) is 0 Å². The van der Waals surface area contributed by atoms with Crippen LogP contribution in [-0.2, 0) is 23.1 Å². The molecular weight excluding hydrogens is 321 g/mol. The van der Waals surface area contributed by atoms with Crippen molar-refractivity contribution < 1.29 is 32.5 Å². The molecule has 0 amide bonds. The molecule has 0 radical (unpaired) electrons. The predicted molar refractivity (Wildman–Crippen MR) is 90.3 cm³/mol. The molecule has 0 aliphatic carbocycles. The third-order valence-electron chi connectivity index (χ3n) is 2.61. The molecule has 0 aromatic carbocycles. The number of ether oxygens (including phenoxy) is 2. The lowest BCUT2D eigenvalue weighted by Crippen LogP contribution is -2.37. The van der Waals surface area contributed by atoms with Gasteiger partial charge in [0.05, 0.1) is 46.1 Å². The molecule has 0 saturated carbocycles. The lowest BCUT2D eigenvalue weighted by atomic mass is 10.2. The van der Waals surface area contributed by atoms with E-state index in [9.17, 15) is 9.46 Å². The van der Waals surface area contributed by atoms with Crippen LogP contribution in [0.1, 0.15) is 34.6 Å². The Morgan fingerprint density at radius 1 is 1.09 bits per heavy atom. The van der Waals surface area contributed by atoms with Gasteiger partial charge in [0.1, 0.15) is 19.3 Å². The van der Waals surface area contributed by atoms with Crippen LogP contribution in [0.2, 0.25) is 0 Å². The summed E-state index contributed by atoms with van der Waals surface area (Å²) in [5, 5.41) is 0. The monoisotopic (exact) mass is 356 g/mol. The second-order valence-electron chi connectivity index (χ2n) is 7.84. The summed E-state index contributed by atoms with van der Waals surface area (Å²) >= 11 is 0. The molecule has 0 aliphatic rings. The Morgan fingerprint density at radius 2 is 1.65 bits per heavy atom. The molecule has 1 N–H and O–H groups in total. The van der Waals surface area contributed by atoms with Crippen LogP contribution in [0, 0.1) is 0 Å². The standard InChI is InChI=1S/C15H34NO6P/c1-13(2)22-14(11-19-15(3,4)5)12-21-23(17,18)20-10-9-16(6,7)8/h13-14H,9-12H2,1-8H3/p+1. The largest absolute Gasteiger partial charge is 0.472 e. The normalized spacial score (nSPS) is 17.3. The van der Waals surface area contributed by atoms with Crippen LogP contribution in [0.4, 0.5) is 0 Å². The molecule has 0 fully saturated rings. The summed E-state index contributed by atoms with van der Waals surface area (Å²) in [5.41, 5.74) is -0.317. The van der Waals surface area contributed by atoms with Gasteiger partial charge in [-0.05, 0) is 34.6 Å². The third-order valence-corrected chi connectivity index (χ3v) is 3.59. The molecule has 23 heavy (non-hydrogen) atoms. The van der Waals surface area contributed by atoms with Crippen molar-refractivity contribution in [2.45, 2.75) is 52.4 Å². The maximum atomic E-state index is 11.9. The van der Waals surface area contributed by atoms with Crippen molar-refractivity contribution in [2.24, 2.45) is 0 Å². The fourth-order valence-electron chi connectivity index (χ4n) is 1.50. The number of phosphoric ester groups is 1. The highest BCUT2D eigenvalue weighted by atomic mass is 31.2. The number of hydrogen-bond acceptors (Lipinski definition) is 5. The summed E-state index contributed by atoms with van der Waals surface area (Å²) in [5.74, 6) is 0. The third kappa shape index (κ3) is 15.3.